The molecule has 4 rings (SSSR count). The largest absolute Gasteiger partial charge is 0.534 e. The van der Waals surface area contributed by atoms with Crippen molar-refractivity contribution < 1.29 is 18.7 Å². The monoisotopic (exact) mass is 524 g/mol. The Hall–Kier alpha value is -3.83. The average molecular weight is 525 g/mol. The lowest BCUT2D eigenvalue weighted by Gasteiger charge is -2.43. The second-order valence-corrected chi connectivity index (χ2v) is 14.4. The van der Waals surface area contributed by atoms with E-state index >= 15 is 0 Å². The van der Waals surface area contributed by atoms with Crippen molar-refractivity contribution in [2.75, 3.05) is 13.2 Å². The van der Waals surface area contributed by atoms with E-state index in [0.717, 1.165) is 23.2 Å². The van der Waals surface area contributed by atoms with Crippen LogP contribution in [0.3, 0.4) is 0 Å². The number of aldehydes is 1. The molecule has 196 valence electrons. The number of carbonyl (C=O) groups excluding carboxylic acids is 1. The van der Waals surface area contributed by atoms with E-state index in [0.29, 0.717) is 30.3 Å². The smallest absolute Gasteiger partial charge is 0.319 e. The van der Waals surface area contributed by atoms with Gasteiger partial charge in [0.2, 0.25) is 0 Å². The van der Waals surface area contributed by atoms with Crippen molar-refractivity contribution in [3.63, 3.8) is 0 Å². The van der Waals surface area contributed by atoms with Gasteiger partial charge in [0.25, 0.3) is 0 Å². The van der Waals surface area contributed by atoms with Crippen LogP contribution < -0.4 is 24.3 Å². The number of rotatable bonds is 10. The molecule has 0 amide bonds. The van der Waals surface area contributed by atoms with Gasteiger partial charge >= 0.3 is 8.32 Å². The summed E-state index contributed by atoms with van der Waals surface area (Å²) in [5, 5.41) is 2.26. The third-order valence-corrected chi connectivity index (χ3v) is 11.6. The Kier molecular flexibility index (Phi) is 8.37. The molecule has 38 heavy (non-hydrogen) atoms. The summed E-state index contributed by atoms with van der Waals surface area (Å²) in [5.74, 6) is 1.83. The molecule has 0 spiro atoms. The second kappa shape index (κ2) is 11.7. The SMILES string of the molecule is CCOc1ccc(-c2cccc(O[Si](c3ccccc3)(c3ccccc3)C(C)(C)C)c2)c(OCC)c1C=O. The molecule has 0 fully saturated rings. The lowest BCUT2D eigenvalue weighted by atomic mass is 10.0. The molecule has 0 saturated carbocycles. The molecule has 4 aromatic carbocycles. The van der Waals surface area contributed by atoms with Gasteiger partial charge in [0, 0.05) is 5.56 Å². The highest BCUT2D eigenvalue weighted by atomic mass is 28.4. The Labute approximate surface area is 227 Å². The maximum Gasteiger partial charge on any atom is 0.319 e. The van der Waals surface area contributed by atoms with Crippen LogP contribution in [0, 0.1) is 0 Å². The highest BCUT2D eigenvalue weighted by molar-refractivity contribution is 7.00. The van der Waals surface area contributed by atoms with Crippen LogP contribution in [0.4, 0.5) is 0 Å². The number of hydrogen-bond acceptors (Lipinski definition) is 4. The predicted molar refractivity (Wildman–Crippen MR) is 158 cm³/mol. The molecule has 4 nitrogen and oxygen atoms in total. The minimum absolute atomic E-state index is 0.161. The zero-order valence-corrected chi connectivity index (χ0v) is 23.9. The molecule has 0 aliphatic heterocycles. The fraction of sp³-hybridized carbons (Fsp3) is 0.242. The van der Waals surface area contributed by atoms with Crippen LogP contribution in [-0.2, 0) is 0 Å². The first kappa shape index (κ1) is 27.2. The Morgan fingerprint density at radius 1 is 0.737 bits per heavy atom. The maximum atomic E-state index is 12.1. The van der Waals surface area contributed by atoms with Gasteiger partial charge in [0.05, 0.1) is 18.8 Å². The number of benzene rings is 4. The zero-order valence-electron chi connectivity index (χ0n) is 22.9. The first-order chi connectivity index (χ1) is 18.4. The van der Waals surface area contributed by atoms with Crippen molar-refractivity contribution in [1.29, 1.82) is 0 Å². The minimum Gasteiger partial charge on any atom is -0.534 e. The summed E-state index contributed by atoms with van der Waals surface area (Å²) < 4.78 is 18.9. The molecule has 0 heterocycles. The van der Waals surface area contributed by atoms with Crippen LogP contribution in [0.5, 0.6) is 17.2 Å². The fourth-order valence-electron chi connectivity index (χ4n) is 5.05. The standard InChI is InChI=1S/C33H36O4Si/c1-6-35-31-22-21-29(32(36-7-2)30(31)24-34)25-15-14-16-26(23-25)37-38(33(3,4)5,27-17-10-8-11-18-27)28-19-12-9-13-20-28/h8-24H,6-7H2,1-5H3. The van der Waals surface area contributed by atoms with Gasteiger partial charge in [0.15, 0.2) is 6.29 Å². The summed E-state index contributed by atoms with van der Waals surface area (Å²) in [6.07, 6.45) is 0.808. The van der Waals surface area contributed by atoms with Crippen molar-refractivity contribution in [1.82, 2.24) is 0 Å². The fourth-order valence-corrected chi connectivity index (χ4v) is 9.47. The first-order valence-corrected chi connectivity index (χ1v) is 15.0. The summed E-state index contributed by atoms with van der Waals surface area (Å²) in [6, 6.07) is 33.0. The Morgan fingerprint density at radius 3 is 1.87 bits per heavy atom. The summed E-state index contributed by atoms with van der Waals surface area (Å²) >= 11 is 0. The molecule has 5 heteroatoms. The van der Waals surface area contributed by atoms with Crippen LogP contribution >= 0.6 is 0 Å². The van der Waals surface area contributed by atoms with E-state index in [2.05, 4.69) is 69.3 Å². The van der Waals surface area contributed by atoms with Crippen molar-refractivity contribution in [3.8, 4) is 28.4 Å². The number of carbonyl (C=O) groups is 1. The molecule has 0 aliphatic carbocycles. The van der Waals surface area contributed by atoms with E-state index in [-0.39, 0.29) is 5.04 Å². The van der Waals surface area contributed by atoms with Gasteiger partial charge in [-0.3, -0.25) is 4.79 Å². The topological polar surface area (TPSA) is 44.8 Å². The lowest BCUT2D eigenvalue weighted by molar-refractivity contribution is 0.111. The molecular weight excluding hydrogens is 488 g/mol. The van der Waals surface area contributed by atoms with Gasteiger partial charge in [-0.2, -0.15) is 0 Å². The molecule has 0 radical (unpaired) electrons. The van der Waals surface area contributed by atoms with Crippen LogP contribution in [0.15, 0.2) is 97.1 Å². The van der Waals surface area contributed by atoms with Gasteiger partial charge in [0.1, 0.15) is 17.2 Å². The minimum atomic E-state index is -2.79. The number of hydrogen-bond donors (Lipinski definition) is 0. The highest BCUT2D eigenvalue weighted by Crippen LogP contribution is 2.41. The molecule has 0 bridgehead atoms. The van der Waals surface area contributed by atoms with Gasteiger partial charge in [-0.1, -0.05) is 93.6 Å². The van der Waals surface area contributed by atoms with E-state index in [4.69, 9.17) is 13.9 Å². The quantitative estimate of drug-likeness (QED) is 0.167. The van der Waals surface area contributed by atoms with Gasteiger partial charge in [-0.05, 0) is 59.1 Å². The van der Waals surface area contributed by atoms with E-state index in [1.165, 1.54) is 10.4 Å². The zero-order chi connectivity index (χ0) is 27.2. The molecule has 0 saturated heterocycles. The van der Waals surface area contributed by atoms with Gasteiger partial charge in [-0.25, -0.2) is 0 Å². The summed E-state index contributed by atoms with van der Waals surface area (Å²) in [6.45, 7) is 11.5. The van der Waals surface area contributed by atoms with E-state index in [1.54, 1.807) is 0 Å². The Morgan fingerprint density at radius 2 is 1.34 bits per heavy atom. The van der Waals surface area contributed by atoms with E-state index < -0.39 is 8.32 Å². The molecule has 0 atom stereocenters. The molecule has 0 aliphatic rings. The lowest BCUT2D eigenvalue weighted by Crippen LogP contribution is -2.68. The first-order valence-electron chi connectivity index (χ1n) is 13.1. The van der Waals surface area contributed by atoms with Crippen LogP contribution in [-0.4, -0.2) is 27.8 Å². The molecule has 0 unspecified atom stereocenters. The van der Waals surface area contributed by atoms with Gasteiger partial charge < -0.3 is 13.9 Å². The predicted octanol–water partition coefficient (Wildman–Crippen LogP) is 6.90. The summed E-state index contributed by atoms with van der Waals surface area (Å²) in [4.78, 5) is 12.1. The maximum absolute atomic E-state index is 12.1. The van der Waals surface area contributed by atoms with Crippen molar-refractivity contribution in [3.05, 3.63) is 103 Å². The van der Waals surface area contributed by atoms with Crippen LogP contribution in [0.2, 0.25) is 5.04 Å². The van der Waals surface area contributed by atoms with Gasteiger partial charge in [-0.15, -0.1) is 0 Å². The second-order valence-electron chi connectivity index (χ2n) is 10.1. The molecule has 0 aromatic heterocycles. The van der Waals surface area contributed by atoms with E-state index in [1.807, 2.05) is 62.4 Å². The third-order valence-electron chi connectivity index (χ3n) is 6.70. The summed E-state index contributed by atoms with van der Waals surface area (Å²) in [7, 11) is -2.79. The average Bonchev–Trinajstić information content (AvgIpc) is 2.93. The van der Waals surface area contributed by atoms with Crippen LogP contribution in [0.25, 0.3) is 11.1 Å². The van der Waals surface area contributed by atoms with Crippen LogP contribution in [0.1, 0.15) is 45.0 Å². The number of ether oxygens (including phenoxy) is 2. The third kappa shape index (κ3) is 5.25. The summed E-state index contributed by atoms with van der Waals surface area (Å²) in [5.41, 5.74) is 2.16. The van der Waals surface area contributed by atoms with E-state index in [9.17, 15) is 4.79 Å². The molecular formula is C33H36O4Si. The highest BCUT2D eigenvalue weighted by Gasteiger charge is 2.52. The molecule has 0 N–H and O–H groups in total. The normalized spacial score (nSPS) is 11.6. The Balaban J connectivity index is 1.88. The Bertz CT molecular complexity index is 1320. The van der Waals surface area contributed by atoms with Crippen molar-refractivity contribution in [2.24, 2.45) is 0 Å². The van der Waals surface area contributed by atoms with Crippen molar-refractivity contribution in [2.45, 2.75) is 39.7 Å². The molecule has 4 aromatic rings. The van der Waals surface area contributed by atoms with Crippen molar-refractivity contribution >= 4 is 25.0 Å².